The number of nitrogens with zero attached hydrogens (tertiary/aromatic N) is 5. The molecule has 1 aliphatic rings. The molecule has 0 aromatic carbocycles. The zero-order chi connectivity index (χ0) is 17.2. The lowest BCUT2D eigenvalue weighted by atomic mass is 10.3. The molecule has 0 bridgehead atoms. The number of amides is 1. The van der Waals surface area contributed by atoms with E-state index in [0.29, 0.717) is 12.2 Å². The summed E-state index contributed by atoms with van der Waals surface area (Å²) in [6.45, 7) is 4.32. The fraction of sp³-hybridized carbons (Fsp3) is 0.333. The molecule has 25 heavy (non-hydrogen) atoms. The normalized spacial score (nSPS) is 14.2. The molecule has 0 spiro atoms. The summed E-state index contributed by atoms with van der Waals surface area (Å²) in [6, 6.07) is 7.44. The van der Waals surface area contributed by atoms with Crippen LogP contribution in [0.2, 0.25) is 0 Å². The number of carbonyl (C=O) groups is 1. The third kappa shape index (κ3) is 3.17. The van der Waals surface area contributed by atoms with Crippen LogP contribution in [-0.4, -0.2) is 38.6 Å². The first-order chi connectivity index (χ1) is 12.2. The van der Waals surface area contributed by atoms with Crippen LogP contribution < -0.4 is 10.2 Å². The molecule has 128 valence electrons. The van der Waals surface area contributed by atoms with E-state index in [4.69, 9.17) is 0 Å². The Morgan fingerprint density at radius 3 is 2.88 bits per heavy atom. The van der Waals surface area contributed by atoms with Crippen LogP contribution in [0.25, 0.3) is 5.52 Å². The van der Waals surface area contributed by atoms with Gasteiger partial charge in [0, 0.05) is 25.4 Å². The van der Waals surface area contributed by atoms with Crippen molar-refractivity contribution in [1.82, 2.24) is 24.9 Å². The highest BCUT2D eigenvalue weighted by atomic mass is 16.1. The molecule has 0 atom stereocenters. The molecule has 1 amide bonds. The molecular formula is C18H20N6O. The fourth-order valence-corrected chi connectivity index (χ4v) is 3.13. The van der Waals surface area contributed by atoms with Crippen molar-refractivity contribution < 1.29 is 4.79 Å². The number of nitrogens with one attached hydrogen (secondary N) is 1. The maximum Gasteiger partial charge on any atom is 0.272 e. The van der Waals surface area contributed by atoms with Crippen molar-refractivity contribution in [3.8, 4) is 0 Å². The lowest BCUT2D eigenvalue weighted by molar-refractivity contribution is 0.0945. The Balaban J connectivity index is 1.60. The molecule has 0 saturated carbocycles. The van der Waals surface area contributed by atoms with Crippen molar-refractivity contribution in [3.63, 3.8) is 0 Å². The number of hydrogen-bond donors (Lipinski definition) is 1. The summed E-state index contributed by atoms with van der Waals surface area (Å²) in [7, 11) is 0. The highest BCUT2D eigenvalue weighted by molar-refractivity contribution is 5.94. The molecule has 4 heterocycles. The van der Waals surface area contributed by atoms with Crippen LogP contribution in [0.4, 0.5) is 5.82 Å². The van der Waals surface area contributed by atoms with Crippen LogP contribution in [0, 0.1) is 6.92 Å². The zero-order valence-corrected chi connectivity index (χ0v) is 14.1. The van der Waals surface area contributed by atoms with E-state index in [1.807, 2.05) is 37.4 Å². The predicted molar refractivity (Wildman–Crippen MR) is 94.6 cm³/mol. The van der Waals surface area contributed by atoms with Gasteiger partial charge in [0.2, 0.25) is 0 Å². The molecule has 1 fully saturated rings. The standard InChI is InChI=1S/C18H20N6O/c1-13-12-24-16(17(21-13)23-8-4-5-9-23)10-15(22-24)18(25)20-11-14-6-2-3-7-19-14/h2-3,6-7,10,12H,4-5,8-9,11H2,1H3,(H,20,25). The van der Waals surface area contributed by atoms with Crippen molar-refractivity contribution in [2.24, 2.45) is 0 Å². The fourth-order valence-electron chi connectivity index (χ4n) is 3.13. The second-order valence-corrected chi connectivity index (χ2v) is 6.26. The average molecular weight is 336 g/mol. The van der Waals surface area contributed by atoms with E-state index in [2.05, 4.69) is 25.3 Å². The largest absolute Gasteiger partial charge is 0.355 e. The quantitative estimate of drug-likeness (QED) is 0.788. The maximum absolute atomic E-state index is 12.5. The van der Waals surface area contributed by atoms with Gasteiger partial charge >= 0.3 is 0 Å². The molecule has 7 nitrogen and oxygen atoms in total. The highest BCUT2D eigenvalue weighted by Crippen LogP contribution is 2.24. The lowest BCUT2D eigenvalue weighted by Gasteiger charge is -2.17. The molecule has 0 unspecified atom stereocenters. The molecule has 3 aromatic heterocycles. The van der Waals surface area contributed by atoms with Crippen LogP contribution in [0.15, 0.2) is 36.7 Å². The Bertz CT molecular complexity index is 899. The molecule has 4 rings (SSSR count). The van der Waals surface area contributed by atoms with Gasteiger partial charge < -0.3 is 10.2 Å². The molecule has 3 aromatic rings. The first-order valence-corrected chi connectivity index (χ1v) is 8.51. The van der Waals surface area contributed by atoms with E-state index in [0.717, 1.165) is 35.8 Å². The van der Waals surface area contributed by atoms with Crippen molar-refractivity contribution in [2.75, 3.05) is 18.0 Å². The van der Waals surface area contributed by atoms with Gasteiger partial charge in [-0.25, -0.2) is 9.50 Å². The number of rotatable bonds is 4. The second-order valence-electron chi connectivity index (χ2n) is 6.26. The second kappa shape index (κ2) is 6.51. The van der Waals surface area contributed by atoms with Gasteiger partial charge in [0.25, 0.3) is 5.91 Å². The van der Waals surface area contributed by atoms with Gasteiger partial charge in [-0.3, -0.25) is 9.78 Å². The van der Waals surface area contributed by atoms with Crippen molar-refractivity contribution in [1.29, 1.82) is 0 Å². The Morgan fingerprint density at radius 1 is 1.28 bits per heavy atom. The van der Waals surface area contributed by atoms with Gasteiger partial charge in [-0.05, 0) is 31.9 Å². The Morgan fingerprint density at radius 2 is 2.12 bits per heavy atom. The van der Waals surface area contributed by atoms with Gasteiger partial charge in [-0.2, -0.15) is 5.10 Å². The predicted octanol–water partition coefficient (Wildman–Crippen LogP) is 1.96. The van der Waals surface area contributed by atoms with E-state index in [-0.39, 0.29) is 5.91 Å². The monoisotopic (exact) mass is 336 g/mol. The molecular weight excluding hydrogens is 316 g/mol. The number of pyridine rings is 1. The summed E-state index contributed by atoms with van der Waals surface area (Å²) in [6.07, 6.45) is 5.91. The minimum Gasteiger partial charge on any atom is -0.355 e. The number of fused-ring (bicyclic) bond motifs is 1. The van der Waals surface area contributed by atoms with E-state index >= 15 is 0 Å². The number of aromatic nitrogens is 4. The minimum atomic E-state index is -0.209. The van der Waals surface area contributed by atoms with E-state index in [1.165, 1.54) is 12.8 Å². The van der Waals surface area contributed by atoms with E-state index in [1.54, 1.807) is 10.7 Å². The first kappa shape index (κ1) is 15.6. The molecule has 0 aliphatic carbocycles. The highest BCUT2D eigenvalue weighted by Gasteiger charge is 2.20. The van der Waals surface area contributed by atoms with E-state index in [9.17, 15) is 4.79 Å². The van der Waals surface area contributed by atoms with Crippen LogP contribution in [-0.2, 0) is 6.54 Å². The number of anilines is 1. The van der Waals surface area contributed by atoms with Gasteiger partial charge in [-0.15, -0.1) is 0 Å². The maximum atomic E-state index is 12.5. The Hall–Kier alpha value is -2.96. The van der Waals surface area contributed by atoms with Crippen LogP contribution in [0.1, 0.15) is 34.7 Å². The summed E-state index contributed by atoms with van der Waals surface area (Å²) < 4.78 is 1.76. The number of carbonyl (C=O) groups excluding carboxylic acids is 1. The van der Waals surface area contributed by atoms with Crippen LogP contribution in [0.3, 0.4) is 0 Å². The third-order valence-electron chi connectivity index (χ3n) is 4.35. The van der Waals surface area contributed by atoms with Crippen LogP contribution in [0.5, 0.6) is 0 Å². The van der Waals surface area contributed by atoms with Gasteiger partial charge in [0.1, 0.15) is 5.52 Å². The Kier molecular flexibility index (Phi) is 4.05. The topological polar surface area (TPSA) is 75.4 Å². The summed E-state index contributed by atoms with van der Waals surface area (Å²) in [4.78, 5) is 23.6. The smallest absolute Gasteiger partial charge is 0.272 e. The average Bonchev–Trinajstić information content (AvgIpc) is 3.29. The number of aryl methyl sites for hydroxylation is 1. The zero-order valence-electron chi connectivity index (χ0n) is 14.1. The van der Waals surface area contributed by atoms with E-state index < -0.39 is 0 Å². The number of hydrogen-bond acceptors (Lipinski definition) is 5. The van der Waals surface area contributed by atoms with Crippen molar-refractivity contribution in [3.05, 3.63) is 53.7 Å². The molecule has 7 heteroatoms. The lowest BCUT2D eigenvalue weighted by Crippen LogP contribution is -2.23. The summed E-state index contributed by atoms with van der Waals surface area (Å²) in [5.41, 5.74) is 2.96. The molecule has 1 aliphatic heterocycles. The van der Waals surface area contributed by atoms with Gasteiger partial charge in [-0.1, -0.05) is 6.07 Å². The van der Waals surface area contributed by atoms with Gasteiger partial charge in [0.05, 0.1) is 24.1 Å². The Labute approximate surface area is 145 Å². The minimum absolute atomic E-state index is 0.209. The summed E-state index contributed by atoms with van der Waals surface area (Å²) in [5, 5.41) is 7.30. The summed E-state index contributed by atoms with van der Waals surface area (Å²) in [5.74, 6) is 0.702. The van der Waals surface area contributed by atoms with Crippen molar-refractivity contribution in [2.45, 2.75) is 26.3 Å². The van der Waals surface area contributed by atoms with Crippen LogP contribution >= 0.6 is 0 Å². The molecule has 1 saturated heterocycles. The van der Waals surface area contributed by atoms with Gasteiger partial charge in [0.15, 0.2) is 11.5 Å². The summed E-state index contributed by atoms with van der Waals surface area (Å²) >= 11 is 0. The third-order valence-corrected chi connectivity index (χ3v) is 4.35. The van der Waals surface area contributed by atoms with Crippen molar-refractivity contribution >= 4 is 17.2 Å². The first-order valence-electron chi connectivity index (χ1n) is 8.51. The molecule has 0 radical (unpaired) electrons. The molecule has 1 N–H and O–H groups in total. The SMILES string of the molecule is Cc1cn2nc(C(=O)NCc3ccccn3)cc2c(N2CCCC2)n1.